The zero-order valence-corrected chi connectivity index (χ0v) is 20.4. The number of hydrogen-bond donors (Lipinski definition) is 5. The van der Waals surface area contributed by atoms with Crippen molar-refractivity contribution in [2.75, 3.05) is 6.54 Å². The summed E-state index contributed by atoms with van der Waals surface area (Å²) in [4.78, 5) is 59.2. The summed E-state index contributed by atoms with van der Waals surface area (Å²) in [7, 11) is 0. The van der Waals surface area contributed by atoms with E-state index in [0.29, 0.717) is 37.9 Å². The number of hydrogen-bond acceptors (Lipinski definition) is 6. The molecule has 11 heteroatoms. The number of carboxylic acids is 1. The number of aliphatic carboxylic acids is 1. The molecule has 0 saturated carbocycles. The molecule has 0 aromatic carbocycles. The number of rotatable bonds is 12. The number of carboxylic acid groups (broad SMARTS) is 1. The molecule has 0 radical (unpaired) electrons. The van der Waals surface area contributed by atoms with E-state index in [1.54, 1.807) is 13.1 Å². The van der Waals surface area contributed by atoms with Crippen LogP contribution in [0.5, 0.6) is 0 Å². The number of likely N-dealkylation sites (tertiary alicyclic amines) is 1. The monoisotopic (exact) mass is 478 g/mol. The highest BCUT2D eigenvalue weighted by Crippen LogP contribution is 2.22. The van der Waals surface area contributed by atoms with Gasteiger partial charge in [0.2, 0.25) is 17.7 Å². The molecule has 2 rings (SSSR count). The van der Waals surface area contributed by atoms with Crippen molar-refractivity contribution in [3.8, 4) is 0 Å². The molecule has 6 unspecified atom stereocenters. The Morgan fingerprint density at radius 2 is 1.82 bits per heavy atom. The molecule has 1 aliphatic rings. The minimum Gasteiger partial charge on any atom is -0.480 e. The number of H-pyrrole nitrogens is 1. The molecule has 1 aromatic heterocycles. The first kappa shape index (κ1) is 27.3. The van der Waals surface area contributed by atoms with Crippen molar-refractivity contribution >= 4 is 23.7 Å². The van der Waals surface area contributed by atoms with Crippen LogP contribution in [0.25, 0.3) is 0 Å². The molecule has 0 spiro atoms. The molecule has 190 valence electrons. The average Bonchev–Trinajstić information content (AvgIpc) is 3.51. The number of carbonyl (C=O) groups excluding carboxylic acids is 3. The number of aromatic nitrogens is 2. The number of carbonyl (C=O) groups is 4. The van der Waals surface area contributed by atoms with E-state index in [2.05, 4.69) is 20.6 Å². The third kappa shape index (κ3) is 6.78. The van der Waals surface area contributed by atoms with Crippen molar-refractivity contribution in [2.45, 2.75) is 84.0 Å². The van der Waals surface area contributed by atoms with Crippen LogP contribution in [0.1, 0.15) is 59.1 Å². The molecule has 2 heterocycles. The Kier molecular flexibility index (Phi) is 10.0. The number of nitrogens with one attached hydrogen (secondary N) is 3. The molecule has 0 bridgehead atoms. The molecular formula is C23H38N6O5. The van der Waals surface area contributed by atoms with Crippen LogP contribution >= 0.6 is 0 Å². The van der Waals surface area contributed by atoms with Gasteiger partial charge in [-0.25, -0.2) is 9.78 Å². The molecule has 6 N–H and O–H groups in total. The van der Waals surface area contributed by atoms with Crippen LogP contribution in [0.15, 0.2) is 12.5 Å². The van der Waals surface area contributed by atoms with Crippen molar-refractivity contribution in [2.24, 2.45) is 17.6 Å². The van der Waals surface area contributed by atoms with Crippen LogP contribution in [-0.4, -0.2) is 74.4 Å². The maximum atomic E-state index is 13.5. The fourth-order valence-corrected chi connectivity index (χ4v) is 4.08. The fraction of sp³-hybridized carbons (Fsp3) is 0.696. The summed E-state index contributed by atoms with van der Waals surface area (Å²) in [5, 5.41) is 14.9. The van der Waals surface area contributed by atoms with Gasteiger partial charge < -0.3 is 31.4 Å². The maximum Gasteiger partial charge on any atom is 0.326 e. The Morgan fingerprint density at radius 3 is 2.38 bits per heavy atom. The number of aromatic amines is 1. The van der Waals surface area contributed by atoms with Crippen molar-refractivity contribution in [3.05, 3.63) is 18.2 Å². The van der Waals surface area contributed by atoms with Gasteiger partial charge in [0.25, 0.3) is 0 Å². The third-order valence-corrected chi connectivity index (χ3v) is 6.72. The molecule has 6 atom stereocenters. The summed E-state index contributed by atoms with van der Waals surface area (Å²) in [6, 6.07) is -3.52. The van der Waals surface area contributed by atoms with E-state index in [-0.39, 0.29) is 24.2 Å². The number of nitrogens with two attached hydrogens (primary N) is 1. The fourth-order valence-electron chi connectivity index (χ4n) is 4.08. The highest BCUT2D eigenvalue weighted by Gasteiger charge is 2.40. The van der Waals surface area contributed by atoms with Gasteiger partial charge in [0.05, 0.1) is 12.4 Å². The van der Waals surface area contributed by atoms with E-state index in [9.17, 15) is 24.3 Å². The van der Waals surface area contributed by atoms with Crippen LogP contribution in [0.3, 0.4) is 0 Å². The number of amides is 3. The molecule has 1 aliphatic heterocycles. The summed E-state index contributed by atoms with van der Waals surface area (Å²) < 4.78 is 0. The Labute approximate surface area is 200 Å². The van der Waals surface area contributed by atoms with Gasteiger partial charge in [0, 0.05) is 24.9 Å². The third-order valence-electron chi connectivity index (χ3n) is 6.72. The SMILES string of the molecule is CCC(C)C(NC(=O)C1CCCN1C(=O)C(NC(=O)C(N)Cc1cnc[nH]1)C(C)CC)C(=O)O. The minimum absolute atomic E-state index is 0.188. The normalized spacial score (nSPS) is 20.1. The highest BCUT2D eigenvalue weighted by molar-refractivity contribution is 5.94. The van der Waals surface area contributed by atoms with Gasteiger partial charge in [-0.1, -0.05) is 40.5 Å². The van der Waals surface area contributed by atoms with Crippen molar-refractivity contribution < 1.29 is 24.3 Å². The minimum atomic E-state index is -1.10. The highest BCUT2D eigenvalue weighted by atomic mass is 16.4. The van der Waals surface area contributed by atoms with Gasteiger partial charge in [-0.2, -0.15) is 0 Å². The predicted molar refractivity (Wildman–Crippen MR) is 125 cm³/mol. The van der Waals surface area contributed by atoms with Gasteiger partial charge in [-0.15, -0.1) is 0 Å². The van der Waals surface area contributed by atoms with Crippen LogP contribution in [0.4, 0.5) is 0 Å². The van der Waals surface area contributed by atoms with E-state index in [0.717, 1.165) is 0 Å². The first-order valence-electron chi connectivity index (χ1n) is 12.0. The first-order valence-corrected chi connectivity index (χ1v) is 12.0. The van der Waals surface area contributed by atoms with E-state index in [1.807, 2.05) is 20.8 Å². The van der Waals surface area contributed by atoms with E-state index in [4.69, 9.17) is 5.73 Å². The van der Waals surface area contributed by atoms with Gasteiger partial charge >= 0.3 is 5.97 Å². The van der Waals surface area contributed by atoms with Crippen LogP contribution < -0.4 is 16.4 Å². The molecule has 1 fully saturated rings. The standard InChI is InChI=1S/C23H38N6O5/c1-5-13(3)18(27-20(30)16(24)10-15-11-25-12-26-15)22(32)29-9-7-8-17(29)21(31)28-19(23(33)34)14(4)6-2/h11-14,16-19H,5-10,24H2,1-4H3,(H,25,26)(H,27,30)(H,28,31)(H,33,34). The number of nitrogens with zero attached hydrogens (tertiary/aromatic N) is 2. The first-order chi connectivity index (χ1) is 16.1. The Balaban J connectivity index is 2.12. The van der Waals surface area contributed by atoms with E-state index >= 15 is 0 Å². The second-order valence-electron chi connectivity index (χ2n) is 9.16. The zero-order chi connectivity index (χ0) is 25.4. The molecule has 3 amide bonds. The van der Waals surface area contributed by atoms with Gasteiger partial charge in [-0.3, -0.25) is 14.4 Å². The van der Waals surface area contributed by atoms with Crippen LogP contribution in [-0.2, 0) is 25.6 Å². The van der Waals surface area contributed by atoms with Crippen molar-refractivity contribution in [3.63, 3.8) is 0 Å². The van der Waals surface area contributed by atoms with Crippen molar-refractivity contribution in [1.29, 1.82) is 0 Å². The quantitative estimate of drug-likeness (QED) is 0.290. The molecular weight excluding hydrogens is 440 g/mol. The van der Waals surface area contributed by atoms with E-state index < -0.39 is 42.0 Å². The van der Waals surface area contributed by atoms with Crippen LogP contribution in [0.2, 0.25) is 0 Å². The second-order valence-corrected chi connectivity index (χ2v) is 9.16. The Bertz CT molecular complexity index is 845. The molecule has 0 aliphatic carbocycles. The molecule has 1 aromatic rings. The topological polar surface area (TPSA) is 171 Å². The van der Waals surface area contributed by atoms with Gasteiger partial charge in [0.15, 0.2) is 0 Å². The van der Waals surface area contributed by atoms with E-state index in [1.165, 1.54) is 11.2 Å². The molecule has 11 nitrogen and oxygen atoms in total. The maximum absolute atomic E-state index is 13.5. The largest absolute Gasteiger partial charge is 0.480 e. The molecule has 1 saturated heterocycles. The lowest BCUT2D eigenvalue weighted by Gasteiger charge is -2.32. The van der Waals surface area contributed by atoms with Gasteiger partial charge in [-0.05, 0) is 24.7 Å². The molecule has 34 heavy (non-hydrogen) atoms. The summed E-state index contributed by atoms with van der Waals surface area (Å²) in [5.41, 5.74) is 6.76. The summed E-state index contributed by atoms with van der Waals surface area (Å²) in [6.45, 7) is 7.75. The Hall–Kier alpha value is -2.95. The van der Waals surface area contributed by atoms with Crippen molar-refractivity contribution in [1.82, 2.24) is 25.5 Å². The lowest BCUT2D eigenvalue weighted by molar-refractivity contribution is -0.146. The van der Waals surface area contributed by atoms with Gasteiger partial charge in [0.1, 0.15) is 18.1 Å². The second kappa shape index (κ2) is 12.5. The van der Waals surface area contributed by atoms with Crippen LogP contribution in [0, 0.1) is 11.8 Å². The lowest BCUT2D eigenvalue weighted by Crippen LogP contribution is -2.59. The number of imidazole rings is 1. The summed E-state index contributed by atoms with van der Waals surface area (Å²) in [6.07, 6.45) is 5.60. The Morgan fingerprint density at radius 1 is 1.18 bits per heavy atom. The smallest absolute Gasteiger partial charge is 0.326 e. The average molecular weight is 479 g/mol. The zero-order valence-electron chi connectivity index (χ0n) is 20.4. The predicted octanol–water partition coefficient (Wildman–Crippen LogP) is 0.417. The lowest BCUT2D eigenvalue weighted by atomic mass is 9.96. The summed E-state index contributed by atoms with van der Waals surface area (Å²) in [5.74, 6) is -2.85. The summed E-state index contributed by atoms with van der Waals surface area (Å²) >= 11 is 0.